The Kier molecular flexibility index (Phi) is 5.71. The second-order valence-corrected chi connectivity index (χ2v) is 7.48. The summed E-state index contributed by atoms with van der Waals surface area (Å²) in [6, 6.07) is 6.37. The van der Waals surface area contributed by atoms with Gasteiger partial charge in [0.25, 0.3) is 0 Å². The summed E-state index contributed by atoms with van der Waals surface area (Å²) in [4.78, 5) is 49.6. The number of para-hydroxylation sites is 1. The Bertz CT molecular complexity index is 882. The third kappa shape index (κ3) is 3.65. The molecule has 0 spiro atoms. The molecule has 0 saturated carbocycles. The maximum absolute atomic E-state index is 12.8. The van der Waals surface area contributed by atoms with Crippen molar-refractivity contribution in [3.63, 3.8) is 0 Å². The minimum atomic E-state index is -0.831. The van der Waals surface area contributed by atoms with Crippen molar-refractivity contribution in [1.29, 1.82) is 0 Å². The van der Waals surface area contributed by atoms with Crippen LogP contribution < -0.4 is 4.74 Å². The Balaban J connectivity index is 2.01. The summed E-state index contributed by atoms with van der Waals surface area (Å²) in [5.74, 6) is -2.61. The van der Waals surface area contributed by atoms with Crippen molar-refractivity contribution in [2.24, 2.45) is 0 Å². The highest BCUT2D eigenvalue weighted by atomic mass is 32.2. The van der Waals surface area contributed by atoms with Gasteiger partial charge in [0.2, 0.25) is 5.78 Å². The van der Waals surface area contributed by atoms with Crippen LogP contribution in [-0.2, 0) is 23.9 Å². The van der Waals surface area contributed by atoms with Gasteiger partial charge in [-0.2, -0.15) is 0 Å². The summed E-state index contributed by atoms with van der Waals surface area (Å²) < 4.78 is 15.3. The van der Waals surface area contributed by atoms with Crippen LogP contribution in [-0.4, -0.2) is 36.9 Å². The van der Waals surface area contributed by atoms with Gasteiger partial charge >= 0.3 is 17.9 Å². The van der Waals surface area contributed by atoms with Gasteiger partial charge in [0.15, 0.2) is 0 Å². The molecule has 2 aliphatic rings. The molecule has 0 amide bonds. The minimum absolute atomic E-state index is 0.0118. The number of ether oxygens (including phenoxy) is 3. The number of fused-ring (bicyclic) bond motifs is 1. The molecule has 27 heavy (non-hydrogen) atoms. The molecular formula is C18H14O7S2. The summed E-state index contributed by atoms with van der Waals surface area (Å²) in [6.45, 7) is 3.50. The van der Waals surface area contributed by atoms with Gasteiger partial charge in [0.05, 0.1) is 23.0 Å². The largest absolute Gasteiger partial charge is 0.462 e. The van der Waals surface area contributed by atoms with Crippen molar-refractivity contribution in [2.45, 2.75) is 13.8 Å². The van der Waals surface area contributed by atoms with Gasteiger partial charge < -0.3 is 14.2 Å². The van der Waals surface area contributed by atoms with Crippen LogP contribution in [0.5, 0.6) is 5.75 Å². The van der Waals surface area contributed by atoms with Gasteiger partial charge in [0.1, 0.15) is 21.1 Å². The molecule has 0 fully saturated rings. The third-order valence-corrected chi connectivity index (χ3v) is 6.05. The van der Waals surface area contributed by atoms with Gasteiger partial charge in [-0.1, -0.05) is 35.7 Å². The summed E-state index contributed by atoms with van der Waals surface area (Å²) in [6.07, 6.45) is 0. The van der Waals surface area contributed by atoms with Crippen molar-refractivity contribution < 1.29 is 33.4 Å². The zero-order valence-electron chi connectivity index (χ0n) is 14.4. The zero-order valence-corrected chi connectivity index (χ0v) is 16.0. The average molecular weight is 406 g/mol. The number of carbonyl (C=O) groups excluding carboxylic acids is 4. The molecule has 2 heterocycles. The molecule has 0 aromatic heterocycles. The van der Waals surface area contributed by atoms with Crippen molar-refractivity contribution in [3.05, 3.63) is 49.4 Å². The molecule has 3 rings (SSSR count). The molecule has 0 atom stereocenters. The predicted molar refractivity (Wildman–Crippen MR) is 98.9 cm³/mol. The second-order valence-electron chi connectivity index (χ2n) is 5.18. The van der Waals surface area contributed by atoms with E-state index in [1.165, 1.54) is 6.07 Å². The lowest BCUT2D eigenvalue weighted by atomic mass is 10.0. The molecule has 0 bridgehead atoms. The fourth-order valence-electron chi connectivity index (χ4n) is 2.36. The Morgan fingerprint density at radius 1 is 0.963 bits per heavy atom. The number of benzene rings is 1. The van der Waals surface area contributed by atoms with E-state index in [0.29, 0.717) is 0 Å². The van der Waals surface area contributed by atoms with E-state index in [-0.39, 0.29) is 44.1 Å². The van der Waals surface area contributed by atoms with Crippen LogP contribution >= 0.6 is 23.5 Å². The quantitative estimate of drug-likeness (QED) is 0.324. The van der Waals surface area contributed by atoms with Crippen LogP contribution in [0.1, 0.15) is 24.2 Å². The molecule has 0 radical (unpaired) electrons. The van der Waals surface area contributed by atoms with E-state index < -0.39 is 23.7 Å². The van der Waals surface area contributed by atoms with Crippen LogP contribution in [0.4, 0.5) is 0 Å². The maximum atomic E-state index is 12.8. The molecule has 0 unspecified atom stereocenters. The summed E-state index contributed by atoms with van der Waals surface area (Å²) in [5.41, 5.74) is 0.0212. The number of thioether (sulfide) groups is 2. The highest BCUT2D eigenvalue weighted by molar-refractivity contribution is 8.29. The van der Waals surface area contributed by atoms with Crippen molar-refractivity contribution in [2.75, 3.05) is 13.2 Å². The van der Waals surface area contributed by atoms with E-state index in [0.717, 1.165) is 23.5 Å². The lowest BCUT2D eigenvalue weighted by Gasteiger charge is -2.17. The molecule has 2 aliphatic heterocycles. The minimum Gasteiger partial charge on any atom is -0.462 e. The van der Waals surface area contributed by atoms with Gasteiger partial charge in [-0.3, -0.25) is 4.79 Å². The van der Waals surface area contributed by atoms with E-state index in [1.54, 1.807) is 32.0 Å². The van der Waals surface area contributed by atoms with E-state index >= 15 is 0 Å². The van der Waals surface area contributed by atoms with Crippen LogP contribution in [0.15, 0.2) is 43.9 Å². The molecular weight excluding hydrogens is 392 g/mol. The smallest absolute Gasteiger partial charge is 0.349 e. The molecule has 0 N–H and O–H groups in total. The lowest BCUT2D eigenvalue weighted by Crippen LogP contribution is -2.25. The van der Waals surface area contributed by atoms with Crippen LogP contribution in [0, 0.1) is 0 Å². The first-order valence-electron chi connectivity index (χ1n) is 8.02. The first-order chi connectivity index (χ1) is 13.0. The molecule has 0 aliphatic carbocycles. The monoisotopic (exact) mass is 406 g/mol. The normalized spacial score (nSPS) is 16.2. The van der Waals surface area contributed by atoms with Crippen LogP contribution in [0.3, 0.4) is 0 Å². The number of carbonyl (C=O) groups is 4. The van der Waals surface area contributed by atoms with Gasteiger partial charge in [0, 0.05) is 0 Å². The second kappa shape index (κ2) is 8.01. The highest BCUT2D eigenvalue weighted by Crippen LogP contribution is 2.52. The van der Waals surface area contributed by atoms with Gasteiger partial charge in [-0.05, 0) is 26.0 Å². The number of ketones is 1. The van der Waals surface area contributed by atoms with E-state index in [1.807, 2.05) is 0 Å². The lowest BCUT2D eigenvalue weighted by molar-refractivity contribution is -0.140. The van der Waals surface area contributed by atoms with Crippen molar-refractivity contribution in [3.8, 4) is 5.75 Å². The van der Waals surface area contributed by atoms with Gasteiger partial charge in [-0.15, -0.1) is 0 Å². The van der Waals surface area contributed by atoms with Crippen LogP contribution in [0.2, 0.25) is 0 Å². The zero-order chi connectivity index (χ0) is 19.6. The van der Waals surface area contributed by atoms with Gasteiger partial charge in [-0.25, -0.2) is 14.4 Å². The molecule has 9 heteroatoms. The number of esters is 3. The number of hydrogen-bond acceptors (Lipinski definition) is 9. The topological polar surface area (TPSA) is 96.0 Å². The third-order valence-electron chi connectivity index (χ3n) is 3.49. The predicted octanol–water partition coefficient (Wildman–Crippen LogP) is 2.82. The SMILES string of the molecule is CCOC(=O)C1=C(C(=O)OCC)SC(=C2C(=O)Oc3ccccc3C2=O)S1. The maximum Gasteiger partial charge on any atom is 0.349 e. The summed E-state index contributed by atoms with van der Waals surface area (Å²) in [5, 5.41) is 0. The number of hydrogen-bond donors (Lipinski definition) is 0. The van der Waals surface area contributed by atoms with E-state index in [2.05, 4.69) is 0 Å². The Morgan fingerprint density at radius 2 is 1.52 bits per heavy atom. The van der Waals surface area contributed by atoms with Crippen molar-refractivity contribution in [1.82, 2.24) is 0 Å². The molecule has 1 aromatic carbocycles. The molecule has 140 valence electrons. The number of rotatable bonds is 4. The first kappa shape index (κ1) is 19.2. The molecule has 0 saturated heterocycles. The fourth-order valence-corrected chi connectivity index (χ4v) is 4.84. The Hall–Kier alpha value is -2.52. The molecule has 7 nitrogen and oxygen atoms in total. The van der Waals surface area contributed by atoms with E-state index in [4.69, 9.17) is 14.2 Å². The standard InChI is InChI=1S/C18H14O7S2/c1-3-23-16(21)13-14(17(22)24-4-2)27-18(26-13)11-12(19)9-7-5-6-8-10(9)25-15(11)20/h5-8H,3-4H2,1-2H3. The fraction of sp³-hybridized carbons (Fsp3) is 0.222. The molecule has 1 aromatic rings. The average Bonchev–Trinajstić information content (AvgIpc) is 3.07. The van der Waals surface area contributed by atoms with Crippen molar-refractivity contribution >= 4 is 47.2 Å². The highest BCUT2D eigenvalue weighted by Gasteiger charge is 2.40. The number of Topliss-reactive ketones (excluding diaryl/α,β-unsaturated/α-hetero) is 1. The van der Waals surface area contributed by atoms with Crippen LogP contribution in [0.25, 0.3) is 0 Å². The summed E-state index contributed by atoms with van der Waals surface area (Å²) >= 11 is 1.67. The Morgan fingerprint density at radius 3 is 2.07 bits per heavy atom. The first-order valence-corrected chi connectivity index (χ1v) is 9.65. The van der Waals surface area contributed by atoms with E-state index in [9.17, 15) is 19.2 Å². The summed E-state index contributed by atoms with van der Waals surface area (Å²) in [7, 11) is 0. The Labute approximate surface area is 163 Å².